The minimum atomic E-state index is -0.795. The Balaban J connectivity index is 1.96. The molecule has 0 heterocycles. The highest BCUT2D eigenvalue weighted by Gasteiger charge is 2.35. The molecule has 1 aromatic rings. The van der Waals surface area contributed by atoms with Crippen LogP contribution in [0.4, 0.5) is 0 Å². The number of benzene rings is 1. The van der Waals surface area contributed by atoms with Gasteiger partial charge in [0.15, 0.2) is 5.76 Å². The van der Waals surface area contributed by atoms with Gasteiger partial charge in [0.05, 0.1) is 12.2 Å². The predicted octanol–water partition coefficient (Wildman–Crippen LogP) is 2.61. The lowest BCUT2D eigenvalue weighted by molar-refractivity contribution is -0.113. The Bertz CT molecular complexity index is 840. The number of fused-ring (bicyclic) bond motifs is 1. The molecule has 3 aliphatic rings. The largest absolute Gasteiger partial charge is 0.504 e. The molecule has 0 radical (unpaired) electrons. The monoisotopic (exact) mass is 322 g/mol. The van der Waals surface area contributed by atoms with Gasteiger partial charge in [-0.1, -0.05) is 35.9 Å². The summed E-state index contributed by atoms with van der Waals surface area (Å²) in [4.78, 5) is 11.8. The zero-order chi connectivity index (χ0) is 16.8. The Morgan fingerprint density at radius 3 is 2.42 bits per heavy atom. The van der Waals surface area contributed by atoms with Crippen molar-refractivity contribution in [2.24, 2.45) is 0 Å². The normalized spacial score (nSPS) is 26.7. The van der Waals surface area contributed by atoms with Crippen molar-refractivity contribution in [3.8, 4) is 0 Å². The second-order valence-corrected chi connectivity index (χ2v) is 6.52. The van der Waals surface area contributed by atoms with Gasteiger partial charge < -0.3 is 15.3 Å². The Morgan fingerprint density at radius 2 is 1.67 bits per heavy atom. The highest BCUT2D eigenvalue weighted by molar-refractivity contribution is 6.07. The minimum absolute atomic E-state index is 0.261. The molecule has 2 atom stereocenters. The molecule has 0 aromatic heterocycles. The Morgan fingerprint density at radius 1 is 0.958 bits per heavy atom. The van der Waals surface area contributed by atoms with E-state index in [2.05, 4.69) is 0 Å². The highest BCUT2D eigenvalue weighted by Crippen LogP contribution is 2.47. The fourth-order valence-corrected chi connectivity index (χ4v) is 3.78. The van der Waals surface area contributed by atoms with Crippen LogP contribution in [-0.4, -0.2) is 33.3 Å². The minimum Gasteiger partial charge on any atom is -0.504 e. The Kier molecular flexibility index (Phi) is 3.52. The summed E-state index contributed by atoms with van der Waals surface area (Å²) in [5.41, 5.74) is 5.69. The van der Waals surface area contributed by atoms with Crippen molar-refractivity contribution in [2.45, 2.75) is 31.5 Å². The first-order valence-corrected chi connectivity index (χ1v) is 8.07. The summed E-state index contributed by atoms with van der Waals surface area (Å²) in [7, 11) is 0. The quantitative estimate of drug-likeness (QED) is 0.743. The molecule has 3 N–H and O–H groups in total. The van der Waals surface area contributed by atoms with E-state index in [0.717, 1.165) is 33.4 Å². The number of aliphatic hydroxyl groups is 3. The summed E-state index contributed by atoms with van der Waals surface area (Å²) in [5, 5.41) is 30.1. The molecule has 24 heavy (non-hydrogen) atoms. The van der Waals surface area contributed by atoms with Crippen LogP contribution < -0.4 is 0 Å². The summed E-state index contributed by atoms with van der Waals surface area (Å²) in [6.45, 7) is 0. The van der Waals surface area contributed by atoms with E-state index in [4.69, 9.17) is 0 Å². The first kappa shape index (κ1) is 15.1. The van der Waals surface area contributed by atoms with Crippen molar-refractivity contribution in [3.05, 3.63) is 76.1 Å². The number of carbonyl (C=O) groups excluding carboxylic acids is 1. The number of rotatable bonds is 1. The lowest BCUT2D eigenvalue weighted by atomic mass is 9.71. The van der Waals surface area contributed by atoms with E-state index in [1.807, 2.05) is 30.3 Å². The third kappa shape index (κ3) is 2.35. The average molecular weight is 322 g/mol. The van der Waals surface area contributed by atoms with Gasteiger partial charge in [-0.3, -0.25) is 4.79 Å². The van der Waals surface area contributed by atoms with E-state index in [-0.39, 0.29) is 11.5 Å². The third-order valence-corrected chi connectivity index (χ3v) is 4.96. The third-order valence-electron chi connectivity index (χ3n) is 4.96. The maximum Gasteiger partial charge on any atom is 0.220 e. The fraction of sp³-hybridized carbons (Fsp3) is 0.250. The highest BCUT2D eigenvalue weighted by atomic mass is 16.3. The average Bonchev–Trinajstić information content (AvgIpc) is 2.57. The van der Waals surface area contributed by atoms with E-state index in [1.165, 1.54) is 12.2 Å². The van der Waals surface area contributed by atoms with E-state index >= 15 is 0 Å². The second kappa shape index (κ2) is 5.58. The maximum atomic E-state index is 11.8. The van der Waals surface area contributed by atoms with Gasteiger partial charge in [0.1, 0.15) is 0 Å². The summed E-state index contributed by atoms with van der Waals surface area (Å²) in [6, 6.07) is 9.77. The number of hydrogen-bond acceptors (Lipinski definition) is 4. The first-order valence-electron chi connectivity index (χ1n) is 8.07. The van der Waals surface area contributed by atoms with Gasteiger partial charge in [0, 0.05) is 6.42 Å². The van der Waals surface area contributed by atoms with E-state index < -0.39 is 12.2 Å². The molecule has 122 valence electrons. The van der Waals surface area contributed by atoms with Gasteiger partial charge in [-0.2, -0.15) is 0 Å². The maximum absolute atomic E-state index is 11.8. The predicted molar refractivity (Wildman–Crippen MR) is 90.1 cm³/mol. The second-order valence-electron chi connectivity index (χ2n) is 6.52. The van der Waals surface area contributed by atoms with Crippen molar-refractivity contribution in [3.63, 3.8) is 0 Å². The summed E-state index contributed by atoms with van der Waals surface area (Å²) < 4.78 is 0. The van der Waals surface area contributed by atoms with Gasteiger partial charge in [-0.15, -0.1) is 0 Å². The van der Waals surface area contributed by atoms with Crippen LogP contribution in [0.5, 0.6) is 0 Å². The van der Waals surface area contributed by atoms with Crippen molar-refractivity contribution in [1.29, 1.82) is 0 Å². The summed E-state index contributed by atoms with van der Waals surface area (Å²) >= 11 is 0. The van der Waals surface area contributed by atoms with Gasteiger partial charge in [-0.25, -0.2) is 0 Å². The molecule has 0 amide bonds. The molecule has 0 aliphatic heterocycles. The SMILES string of the molecule is O=C1C=C2CC3=C(CC(O)C(O)C3)C(c3ccccc3)=C2C=C1O. The Hall–Kier alpha value is -2.43. The van der Waals surface area contributed by atoms with Crippen LogP contribution in [-0.2, 0) is 4.79 Å². The van der Waals surface area contributed by atoms with Crippen LogP contribution in [0.25, 0.3) is 5.57 Å². The van der Waals surface area contributed by atoms with Gasteiger partial charge in [-0.05, 0) is 52.8 Å². The molecule has 0 fully saturated rings. The van der Waals surface area contributed by atoms with Crippen LogP contribution in [0.2, 0.25) is 0 Å². The smallest absolute Gasteiger partial charge is 0.220 e. The van der Waals surface area contributed by atoms with E-state index in [0.29, 0.717) is 19.3 Å². The number of allylic oxidation sites excluding steroid dienone is 5. The number of ketones is 1. The van der Waals surface area contributed by atoms with Crippen LogP contribution in [0.1, 0.15) is 24.8 Å². The van der Waals surface area contributed by atoms with Crippen LogP contribution in [0, 0.1) is 0 Å². The topological polar surface area (TPSA) is 77.8 Å². The molecule has 0 bridgehead atoms. The van der Waals surface area contributed by atoms with Crippen molar-refractivity contribution < 1.29 is 20.1 Å². The fourth-order valence-electron chi connectivity index (χ4n) is 3.78. The van der Waals surface area contributed by atoms with Crippen molar-refractivity contribution >= 4 is 11.4 Å². The molecular weight excluding hydrogens is 304 g/mol. The van der Waals surface area contributed by atoms with Crippen molar-refractivity contribution in [1.82, 2.24) is 0 Å². The molecule has 3 aliphatic carbocycles. The van der Waals surface area contributed by atoms with E-state index in [9.17, 15) is 20.1 Å². The lowest BCUT2D eigenvalue weighted by Crippen LogP contribution is -2.33. The summed E-state index contributed by atoms with van der Waals surface area (Å²) in [5.74, 6) is -0.649. The Labute approximate surface area is 139 Å². The number of aliphatic hydroxyl groups excluding tert-OH is 3. The zero-order valence-electron chi connectivity index (χ0n) is 13.1. The van der Waals surface area contributed by atoms with Gasteiger partial charge >= 0.3 is 0 Å². The standard InChI is InChI=1S/C20H18O4/c21-16-7-12-6-13-8-17(22)19(24)10-15(13)20(14(12)9-18(16)23)11-4-2-1-3-5-11/h1-5,7,9,17,19,22-24H,6,8,10H2. The first-order chi connectivity index (χ1) is 11.5. The lowest BCUT2D eigenvalue weighted by Gasteiger charge is -2.35. The molecule has 4 nitrogen and oxygen atoms in total. The molecular formula is C20H18O4. The van der Waals surface area contributed by atoms with Gasteiger partial charge in [0.25, 0.3) is 0 Å². The molecule has 0 saturated heterocycles. The molecule has 4 heteroatoms. The zero-order valence-corrected chi connectivity index (χ0v) is 13.1. The molecule has 0 saturated carbocycles. The number of carbonyl (C=O) groups is 1. The van der Waals surface area contributed by atoms with E-state index in [1.54, 1.807) is 0 Å². The molecule has 1 aromatic carbocycles. The number of hydrogen-bond donors (Lipinski definition) is 3. The molecule has 2 unspecified atom stereocenters. The van der Waals surface area contributed by atoms with Gasteiger partial charge in [0.2, 0.25) is 5.78 Å². The van der Waals surface area contributed by atoms with Crippen molar-refractivity contribution in [2.75, 3.05) is 0 Å². The summed E-state index contributed by atoms with van der Waals surface area (Å²) in [6.07, 6.45) is 2.79. The van der Waals surface area contributed by atoms with Crippen LogP contribution >= 0.6 is 0 Å². The van der Waals surface area contributed by atoms with Crippen LogP contribution in [0.3, 0.4) is 0 Å². The molecule has 0 spiro atoms. The van der Waals surface area contributed by atoms with Crippen LogP contribution in [0.15, 0.2) is 70.5 Å². The molecule has 4 rings (SSSR count).